The summed E-state index contributed by atoms with van der Waals surface area (Å²) in [6.45, 7) is 9.18. The number of anilines is 1. The van der Waals surface area contributed by atoms with Crippen LogP contribution < -0.4 is 10.1 Å². The van der Waals surface area contributed by atoms with E-state index in [0.29, 0.717) is 5.56 Å². The molecule has 1 N–H and O–H groups in total. The summed E-state index contributed by atoms with van der Waals surface area (Å²) in [5.41, 5.74) is 4.53. The highest BCUT2D eigenvalue weighted by molar-refractivity contribution is 6.04. The molecule has 1 aliphatic carbocycles. The number of ether oxygens (including phenoxy) is 1. The van der Waals surface area contributed by atoms with Gasteiger partial charge in [0.1, 0.15) is 5.75 Å². The molecule has 0 aliphatic heterocycles. The Bertz CT molecular complexity index is 788. The molecule has 25 heavy (non-hydrogen) atoms. The van der Waals surface area contributed by atoms with Crippen molar-refractivity contribution in [1.29, 1.82) is 0 Å². The maximum Gasteiger partial charge on any atom is 0.255 e. The molecule has 0 bridgehead atoms. The van der Waals surface area contributed by atoms with Crippen LogP contribution in [0.25, 0.3) is 0 Å². The monoisotopic (exact) mass is 337 g/mol. The minimum absolute atomic E-state index is 0.101. The van der Waals surface area contributed by atoms with E-state index in [1.54, 1.807) is 31.4 Å². The van der Waals surface area contributed by atoms with Gasteiger partial charge in [-0.15, -0.1) is 0 Å². The molecule has 132 valence electrons. The summed E-state index contributed by atoms with van der Waals surface area (Å²) in [5.74, 6) is 0.643. The predicted octanol–water partition coefficient (Wildman–Crippen LogP) is 5.30. The maximum absolute atomic E-state index is 12.5. The summed E-state index contributed by atoms with van der Waals surface area (Å²) in [4.78, 5) is 12.5. The number of carbonyl (C=O) groups is 1. The molecule has 2 aromatic rings. The van der Waals surface area contributed by atoms with E-state index >= 15 is 0 Å². The molecular formula is C22H27NO2. The molecule has 3 nitrogen and oxygen atoms in total. The summed E-state index contributed by atoms with van der Waals surface area (Å²) in [5, 5.41) is 3.03. The molecule has 2 aromatic carbocycles. The van der Waals surface area contributed by atoms with Crippen molar-refractivity contribution in [2.75, 3.05) is 12.4 Å². The second kappa shape index (κ2) is 6.21. The lowest BCUT2D eigenvalue weighted by atomic mass is 9.63. The fraction of sp³-hybridized carbons (Fsp3) is 0.409. The van der Waals surface area contributed by atoms with Gasteiger partial charge in [0.05, 0.1) is 7.11 Å². The largest absolute Gasteiger partial charge is 0.497 e. The van der Waals surface area contributed by atoms with Crippen LogP contribution in [0.2, 0.25) is 0 Å². The topological polar surface area (TPSA) is 38.3 Å². The fourth-order valence-corrected chi connectivity index (χ4v) is 3.61. The molecule has 1 aliphatic rings. The smallest absolute Gasteiger partial charge is 0.255 e. The van der Waals surface area contributed by atoms with Gasteiger partial charge in [0.25, 0.3) is 5.91 Å². The molecule has 3 heteroatoms. The van der Waals surface area contributed by atoms with Crippen LogP contribution in [0.3, 0.4) is 0 Å². The molecule has 0 aromatic heterocycles. The minimum Gasteiger partial charge on any atom is -0.497 e. The van der Waals surface area contributed by atoms with Crippen LogP contribution >= 0.6 is 0 Å². The molecule has 1 amide bonds. The quantitative estimate of drug-likeness (QED) is 0.825. The van der Waals surface area contributed by atoms with Crippen molar-refractivity contribution in [3.05, 3.63) is 59.2 Å². The van der Waals surface area contributed by atoms with Crippen LogP contribution in [-0.4, -0.2) is 13.0 Å². The third kappa shape index (κ3) is 3.41. The van der Waals surface area contributed by atoms with Gasteiger partial charge in [-0.3, -0.25) is 4.79 Å². The van der Waals surface area contributed by atoms with Gasteiger partial charge in [-0.1, -0.05) is 33.8 Å². The Morgan fingerprint density at radius 3 is 2.12 bits per heavy atom. The van der Waals surface area contributed by atoms with Crippen LogP contribution in [0.1, 0.15) is 62.0 Å². The molecule has 0 saturated carbocycles. The normalized spacial score (nSPS) is 17.5. The highest BCUT2D eigenvalue weighted by Gasteiger charge is 2.36. The number of amides is 1. The highest BCUT2D eigenvalue weighted by atomic mass is 16.5. The van der Waals surface area contributed by atoms with Gasteiger partial charge in [-0.05, 0) is 71.2 Å². The van der Waals surface area contributed by atoms with Gasteiger partial charge < -0.3 is 10.1 Å². The van der Waals surface area contributed by atoms with Gasteiger partial charge in [0.2, 0.25) is 0 Å². The van der Waals surface area contributed by atoms with Gasteiger partial charge in [-0.2, -0.15) is 0 Å². The van der Waals surface area contributed by atoms with Crippen molar-refractivity contribution in [2.24, 2.45) is 0 Å². The molecular weight excluding hydrogens is 310 g/mol. The van der Waals surface area contributed by atoms with E-state index in [1.807, 2.05) is 6.07 Å². The summed E-state index contributed by atoms with van der Waals surface area (Å²) >= 11 is 0. The standard InChI is InChI=1S/C22H27NO2/c1-21(2)12-13-22(3,4)19-14-16(8-11-18(19)21)23-20(24)15-6-9-17(25-5)10-7-15/h6-11,14H,12-13H2,1-5H3,(H,23,24). The first-order chi connectivity index (χ1) is 11.7. The van der Waals surface area contributed by atoms with E-state index in [9.17, 15) is 4.79 Å². The van der Waals surface area contributed by atoms with E-state index in [0.717, 1.165) is 17.9 Å². The van der Waals surface area contributed by atoms with Crippen LogP contribution in [0.4, 0.5) is 5.69 Å². The summed E-state index contributed by atoms with van der Waals surface area (Å²) in [6.07, 6.45) is 2.34. The molecule has 0 radical (unpaired) electrons. The summed E-state index contributed by atoms with van der Waals surface area (Å²) in [7, 11) is 1.62. The van der Waals surface area contributed by atoms with Crippen molar-refractivity contribution in [3.63, 3.8) is 0 Å². The molecule has 3 rings (SSSR count). The molecule has 0 spiro atoms. The van der Waals surface area contributed by atoms with Crippen molar-refractivity contribution in [3.8, 4) is 5.75 Å². The lowest BCUT2D eigenvalue weighted by Crippen LogP contribution is -2.33. The summed E-state index contributed by atoms with van der Waals surface area (Å²) in [6, 6.07) is 13.5. The number of nitrogens with one attached hydrogen (secondary N) is 1. The van der Waals surface area contributed by atoms with E-state index < -0.39 is 0 Å². The fourth-order valence-electron chi connectivity index (χ4n) is 3.61. The molecule has 0 heterocycles. The van der Waals surface area contributed by atoms with Crippen molar-refractivity contribution in [1.82, 2.24) is 0 Å². The Balaban J connectivity index is 1.87. The molecule has 0 unspecified atom stereocenters. The maximum atomic E-state index is 12.5. The Kier molecular flexibility index (Phi) is 4.36. The molecule has 0 atom stereocenters. The van der Waals surface area contributed by atoms with E-state index in [1.165, 1.54) is 17.5 Å². The van der Waals surface area contributed by atoms with Crippen molar-refractivity contribution >= 4 is 11.6 Å². The van der Waals surface area contributed by atoms with Crippen LogP contribution in [0.15, 0.2) is 42.5 Å². The van der Waals surface area contributed by atoms with E-state index in [-0.39, 0.29) is 16.7 Å². The van der Waals surface area contributed by atoms with Crippen molar-refractivity contribution in [2.45, 2.75) is 51.4 Å². The first kappa shape index (κ1) is 17.5. The van der Waals surface area contributed by atoms with E-state index in [4.69, 9.17) is 4.74 Å². The first-order valence-electron chi connectivity index (χ1n) is 8.83. The Morgan fingerprint density at radius 2 is 1.52 bits per heavy atom. The lowest BCUT2D eigenvalue weighted by Gasteiger charge is -2.42. The first-order valence-corrected chi connectivity index (χ1v) is 8.83. The number of hydrogen-bond acceptors (Lipinski definition) is 2. The van der Waals surface area contributed by atoms with Gasteiger partial charge >= 0.3 is 0 Å². The SMILES string of the molecule is COc1ccc(C(=O)Nc2ccc3c(c2)C(C)(C)CCC3(C)C)cc1. The Morgan fingerprint density at radius 1 is 0.920 bits per heavy atom. The number of fused-ring (bicyclic) bond motifs is 1. The number of hydrogen-bond donors (Lipinski definition) is 1. The third-order valence-corrected chi connectivity index (χ3v) is 5.46. The van der Waals surface area contributed by atoms with Gasteiger partial charge in [0.15, 0.2) is 0 Å². The number of benzene rings is 2. The second-order valence-electron chi connectivity index (χ2n) is 8.21. The van der Waals surface area contributed by atoms with Gasteiger partial charge in [0, 0.05) is 11.3 Å². The summed E-state index contributed by atoms with van der Waals surface area (Å²) < 4.78 is 5.14. The van der Waals surface area contributed by atoms with Crippen LogP contribution in [0.5, 0.6) is 5.75 Å². The second-order valence-corrected chi connectivity index (χ2v) is 8.21. The number of rotatable bonds is 3. The highest BCUT2D eigenvalue weighted by Crippen LogP contribution is 2.46. The molecule has 0 saturated heterocycles. The molecule has 0 fully saturated rings. The zero-order valence-corrected chi connectivity index (χ0v) is 15.8. The average molecular weight is 337 g/mol. The Labute approximate surface area is 150 Å². The average Bonchev–Trinajstić information content (AvgIpc) is 2.59. The number of methoxy groups -OCH3 is 1. The van der Waals surface area contributed by atoms with Gasteiger partial charge in [-0.25, -0.2) is 0 Å². The Hall–Kier alpha value is -2.29. The minimum atomic E-state index is -0.101. The number of carbonyl (C=O) groups excluding carboxylic acids is 1. The zero-order valence-electron chi connectivity index (χ0n) is 15.8. The van der Waals surface area contributed by atoms with Crippen LogP contribution in [0, 0.1) is 0 Å². The third-order valence-electron chi connectivity index (χ3n) is 5.46. The zero-order chi connectivity index (χ0) is 18.2. The predicted molar refractivity (Wildman–Crippen MR) is 103 cm³/mol. The lowest BCUT2D eigenvalue weighted by molar-refractivity contribution is 0.102. The van der Waals surface area contributed by atoms with Crippen LogP contribution in [-0.2, 0) is 10.8 Å². The van der Waals surface area contributed by atoms with E-state index in [2.05, 4.69) is 45.1 Å². The van der Waals surface area contributed by atoms with Crippen molar-refractivity contribution < 1.29 is 9.53 Å².